The van der Waals surface area contributed by atoms with Crippen LogP contribution in [0.4, 0.5) is 0 Å². The molecular formula is C49H30N4. The minimum atomic E-state index is 0.644. The van der Waals surface area contributed by atoms with Gasteiger partial charge in [0, 0.05) is 39.2 Å². The molecule has 0 unspecified atom stereocenters. The Labute approximate surface area is 306 Å². The molecule has 0 saturated carbocycles. The molecule has 0 spiro atoms. The lowest BCUT2D eigenvalue weighted by Crippen LogP contribution is -2.01. The molecule has 2 heterocycles. The number of fused-ring (bicyclic) bond motifs is 7. The predicted molar refractivity (Wildman–Crippen MR) is 218 cm³/mol. The first-order chi connectivity index (χ1) is 26.3. The van der Waals surface area contributed by atoms with Crippen LogP contribution in [0, 0.1) is 0 Å². The van der Waals surface area contributed by atoms with E-state index in [-0.39, 0.29) is 0 Å². The minimum Gasteiger partial charge on any atom is -0.315 e. The van der Waals surface area contributed by atoms with E-state index in [9.17, 15) is 0 Å². The Balaban J connectivity index is 1.14. The molecule has 53 heavy (non-hydrogen) atoms. The van der Waals surface area contributed by atoms with E-state index in [1.54, 1.807) is 0 Å². The van der Waals surface area contributed by atoms with Crippen molar-refractivity contribution in [3.05, 3.63) is 182 Å². The summed E-state index contributed by atoms with van der Waals surface area (Å²) in [5, 5.41) is 5.80. The molecule has 11 rings (SSSR count). The molecule has 0 N–H and O–H groups in total. The normalized spacial score (nSPS) is 11.8. The smallest absolute Gasteiger partial charge is 0.164 e. The van der Waals surface area contributed by atoms with E-state index in [0.717, 1.165) is 38.5 Å². The zero-order valence-corrected chi connectivity index (χ0v) is 28.6. The summed E-state index contributed by atoms with van der Waals surface area (Å²) in [7, 11) is 0. The zero-order valence-electron chi connectivity index (χ0n) is 28.6. The Morgan fingerprint density at radius 3 is 1.70 bits per heavy atom. The molecule has 8 aromatic carbocycles. The molecule has 0 atom stereocenters. The first kappa shape index (κ1) is 29.5. The van der Waals surface area contributed by atoms with E-state index in [4.69, 9.17) is 15.0 Å². The van der Waals surface area contributed by atoms with Crippen molar-refractivity contribution in [3.63, 3.8) is 0 Å². The van der Waals surface area contributed by atoms with Crippen LogP contribution in [0.5, 0.6) is 0 Å². The molecule has 0 fully saturated rings. The average Bonchev–Trinajstić information content (AvgIpc) is 3.57. The lowest BCUT2D eigenvalue weighted by Gasteiger charge is -2.15. The monoisotopic (exact) mass is 674 g/mol. The van der Waals surface area contributed by atoms with E-state index in [1.165, 1.54) is 49.7 Å². The molecule has 0 amide bonds. The molecule has 4 nitrogen and oxygen atoms in total. The summed E-state index contributed by atoms with van der Waals surface area (Å²) in [6.07, 6.45) is 2.33. The van der Waals surface area contributed by atoms with Crippen molar-refractivity contribution in [1.29, 1.82) is 0 Å². The summed E-state index contributed by atoms with van der Waals surface area (Å²) in [6, 6.07) is 62.2. The standard InChI is InChI=1S/C49H30N4/c1-2-14-32(15-3-1)47-50-48(34-26-25-31-13-4-5-16-33(31)29-34)52-49(51-47)42-27-28-44(40-22-11-10-21-39(40)42)53-30-43-38-20-9-7-18-36(38)35-17-6-8-19-37(35)41-23-12-24-45(53)46(41)43/h1-30H. The fraction of sp³-hybridized carbons (Fsp3) is 0. The van der Waals surface area contributed by atoms with Gasteiger partial charge < -0.3 is 4.57 Å². The second kappa shape index (κ2) is 11.7. The van der Waals surface area contributed by atoms with Crippen LogP contribution >= 0.6 is 0 Å². The number of hydrogen-bond acceptors (Lipinski definition) is 3. The van der Waals surface area contributed by atoms with Crippen molar-refractivity contribution in [3.8, 4) is 73.2 Å². The number of nitrogens with zero attached hydrogens (tertiary/aromatic N) is 4. The first-order valence-electron chi connectivity index (χ1n) is 17.9. The molecule has 246 valence electrons. The van der Waals surface area contributed by atoms with Gasteiger partial charge in [-0.15, -0.1) is 0 Å². The van der Waals surface area contributed by atoms with Gasteiger partial charge in [-0.05, 0) is 68.2 Å². The summed E-state index contributed by atoms with van der Waals surface area (Å²) in [5.41, 5.74) is 12.7. The molecule has 1 aliphatic rings. The number of hydrogen-bond donors (Lipinski definition) is 0. The van der Waals surface area contributed by atoms with Gasteiger partial charge in [-0.3, -0.25) is 0 Å². The molecule has 0 saturated heterocycles. The van der Waals surface area contributed by atoms with Crippen molar-refractivity contribution in [2.45, 2.75) is 0 Å². The Kier molecular flexibility index (Phi) is 6.52. The van der Waals surface area contributed by atoms with Crippen molar-refractivity contribution in [2.75, 3.05) is 0 Å². The summed E-state index contributed by atoms with van der Waals surface area (Å²) in [5.74, 6) is 1.94. The zero-order chi connectivity index (χ0) is 34.9. The summed E-state index contributed by atoms with van der Waals surface area (Å²) < 4.78 is 2.37. The number of benzene rings is 8. The fourth-order valence-electron chi connectivity index (χ4n) is 8.18. The average molecular weight is 675 g/mol. The van der Waals surface area contributed by atoms with Gasteiger partial charge >= 0.3 is 0 Å². The van der Waals surface area contributed by atoms with Crippen molar-refractivity contribution < 1.29 is 0 Å². The molecule has 4 heteroatoms. The first-order valence-corrected chi connectivity index (χ1v) is 17.9. The topological polar surface area (TPSA) is 43.6 Å². The predicted octanol–water partition coefficient (Wildman–Crippen LogP) is 12.4. The van der Waals surface area contributed by atoms with Crippen LogP contribution in [0.3, 0.4) is 0 Å². The van der Waals surface area contributed by atoms with Gasteiger partial charge in [0.1, 0.15) is 0 Å². The summed E-state index contributed by atoms with van der Waals surface area (Å²) in [4.78, 5) is 15.3. The van der Waals surface area contributed by atoms with Gasteiger partial charge in [0.15, 0.2) is 17.5 Å². The van der Waals surface area contributed by atoms with E-state index in [1.807, 2.05) is 18.2 Å². The van der Waals surface area contributed by atoms with Crippen LogP contribution in [-0.2, 0) is 0 Å². The van der Waals surface area contributed by atoms with Gasteiger partial charge in [0.05, 0.1) is 11.2 Å². The largest absolute Gasteiger partial charge is 0.315 e. The van der Waals surface area contributed by atoms with Crippen LogP contribution in [0.25, 0.3) is 106 Å². The molecule has 1 aliphatic carbocycles. The van der Waals surface area contributed by atoms with Gasteiger partial charge in [-0.25, -0.2) is 15.0 Å². The van der Waals surface area contributed by atoms with Crippen molar-refractivity contribution in [2.24, 2.45) is 0 Å². The van der Waals surface area contributed by atoms with Crippen LogP contribution < -0.4 is 0 Å². The highest BCUT2D eigenvalue weighted by atomic mass is 15.0. The highest BCUT2D eigenvalue weighted by molar-refractivity contribution is 6.14. The van der Waals surface area contributed by atoms with Crippen LogP contribution in [0.1, 0.15) is 0 Å². The van der Waals surface area contributed by atoms with Crippen molar-refractivity contribution in [1.82, 2.24) is 19.5 Å². The minimum absolute atomic E-state index is 0.644. The van der Waals surface area contributed by atoms with E-state index >= 15 is 0 Å². The number of aromatic nitrogens is 4. The quantitative estimate of drug-likeness (QED) is 0.187. The Hall–Kier alpha value is -7.17. The molecule has 2 aromatic heterocycles. The van der Waals surface area contributed by atoms with Gasteiger partial charge in [-0.1, -0.05) is 152 Å². The van der Waals surface area contributed by atoms with E-state index in [0.29, 0.717) is 17.5 Å². The second-order valence-electron chi connectivity index (χ2n) is 13.6. The third-order valence-electron chi connectivity index (χ3n) is 10.6. The second-order valence-corrected chi connectivity index (χ2v) is 13.6. The fourth-order valence-corrected chi connectivity index (χ4v) is 8.18. The molecule has 0 aliphatic heterocycles. The summed E-state index contributed by atoms with van der Waals surface area (Å²) in [6.45, 7) is 0. The molecular weight excluding hydrogens is 645 g/mol. The van der Waals surface area contributed by atoms with Gasteiger partial charge in [0.2, 0.25) is 0 Å². The summed E-state index contributed by atoms with van der Waals surface area (Å²) >= 11 is 0. The Morgan fingerprint density at radius 1 is 0.340 bits per heavy atom. The van der Waals surface area contributed by atoms with Crippen LogP contribution in [-0.4, -0.2) is 19.5 Å². The third-order valence-corrected chi connectivity index (χ3v) is 10.6. The third kappa shape index (κ3) is 4.66. The molecule has 10 aromatic rings. The Morgan fingerprint density at radius 2 is 0.925 bits per heavy atom. The maximum Gasteiger partial charge on any atom is 0.164 e. The number of rotatable bonds is 4. The lowest BCUT2D eigenvalue weighted by atomic mass is 9.94. The highest BCUT2D eigenvalue weighted by Gasteiger charge is 2.25. The lowest BCUT2D eigenvalue weighted by molar-refractivity contribution is 1.08. The van der Waals surface area contributed by atoms with E-state index in [2.05, 4.69) is 168 Å². The Bertz CT molecular complexity index is 3070. The molecule has 0 radical (unpaired) electrons. The molecule has 0 bridgehead atoms. The maximum absolute atomic E-state index is 5.17. The van der Waals surface area contributed by atoms with Crippen LogP contribution in [0.15, 0.2) is 182 Å². The van der Waals surface area contributed by atoms with E-state index < -0.39 is 0 Å². The van der Waals surface area contributed by atoms with Gasteiger partial charge in [0.25, 0.3) is 0 Å². The van der Waals surface area contributed by atoms with Crippen molar-refractivity contribution >= 4 is 32.4 Å². The van der Waals surface area contributed by atoms with Crippen LogP contribution in [0.2, 0.25) is 0 Å². The SMILES string of the molecule is c1ccc(-c2nc(-c3ccc4ccccc4c3)nc(-c3ccc(-n4cc5c6c(cccc64)-c4ccccc4-c4ccccc4-5)c4ccccc34)n2)cc1. The maximum atomic E-state index is 5.17. The van der Waals surface area contributed by atoms with Gasteiger partial charge in [-0.2, -0.15) is 0 Å². The highest BCUT2D eigenvalue weighted by Crippen LogP contribution is 2.49.